The first-order valence-corrected chi connectivity index (χ1v) is 7.04. The number of likely N-dealkylation sites (tertiary alicyclic amines) is 1. The van der Waals surface area contributed by atoms with E-state index in [9.17, 15) is 4.79 Å². The molecule has 0 aromatic heterocycles. The van der Waals surface area contributed by atoms with Gasteiger partial charge in [0, 0.05) is 13.2 Å². The topological polar surface area (TPSA) is 75.8 Å². The fourth-order valence-corrected chi connectivity index (χ4v) is 2.55. The minimum absolute atomic E-state index is 0.176. The molecule has 5 nitrogen and oxygen atoms in total. The molecule has 20 heavy (non-hydrogen) atoms. The normalized spacial score (nSPS) is 22.6. The van der Waals surface area contributed by atoms with Crippen LogP contribution in [0.4, 0.5) is 4.79 Å². The van der Waals surface area contributed by atoms with Crippen molar-refractivity contribution in [3.8, 4) is 0 Å². The number of benzene rings is 1. The van der Waals surface area contributed by atoms with Gasteiger partial charge in [-0.2, -0.15) is 0 Å². The minimum atomic E-state index is -0.358. The molecule has 110 valence electrons. The molecule has 1 aliphatic heterocycles. The molecular weight excluding hydrogens is 256 g/mol. The van der Waals surface area contributed by atoms with E-state index in [4.69, 9.17) is 15.6 Å². The molecular formula is C15H22N2O3. The largest absolute Gasteiger partial charge is 0.445 e. The number of aliphatic hydroxyl groups is 1. The number of piperidine rings is 1. The zero-order chi connectivity index (χ0) is 14.4. The van der Waals surface area contributed by atoms with E-state index in [2.05, 4.69) is 0 Å². The second-order valence-electron chi connectivity index (χ2n) is 5.20. The van der Waals surface area contributed by atoms with Crippen LogP contribution in [-0.2, 0) is 11.3 Å². The maximum Gasteiger partial charge on any atom is 0.411 e. The van der Waals surface area contributed by atoms with Gasteiger partial charge in [0.15, 0.2) is 0 Å². The van der Waals surface area contributed by atoms with Crippen molar-refractivity contribution in [3.05, 3.63) is 35.9 Å². The lowest BCUT2D eigenvalue weighted by molar-refractivity contribution is 0.0551. The van der Waals surface area contributed by atoms with Crippen LogP contribution in [0.5, 0.6) is 0 Å². The Balaban J connectivity index is 1.81. The van der Waals surface area contributed by atoms with E-state index in [1.807, 2.05) is 30.3 Å². The molecule has 3 N–H and O–H groups in total. The zero-order valence-electron chi connectivity index (χ0n) is 11.6. The van der Waals surface area contributed by atoms with Crippen LogP contribution in [0.3, 0.4) is 0 Å². The number of rotatable bonds is 4. The van der Waals surface area contributed by atoms with Gasteiger partial charge in [-0.25, -0.2) is 4.79 Å². The van der Waals surface area contributed by atoms with Crippen LogP contribution < -0.4 is 5.73 Å². The number of ether oxygens (including phenoxy) is 1. The maximum absolute atomic E-state index is 12.0. The van der Waals surface area contributed by atoms with Crippen LogP contribution in [0.2, 0.25) is 0 Å². The summed E-state index contributed by atoms with van der Waals surface area (Å²) in [5, 5.41) is 8.94. The molecule has 0 aliphatic carbocycles. The molecule has 0 radical (unpaired) electrons. The lowest BCUT2D eigenvalue weighted by Crippen LogP contribution is -2.51. The zero-order valence-corrected chi connectivity index (χ0v) is 11.6. The summed E-state index contributed by atoms with van der Waals surface area (Å²) in [6, 6.07) is 9.58. The average Bonchev–Trinajstić information content (AvgIpc) is 2.46. The number of nitrogens with two attached hydrogens (primary N) is 1. The molecule has 0 bridgehead atoms. The minimum Gasteiger partial charge on any atom is -0.445 e. The fourth-order valence-electron chi connectivity index (χ4n) is 2.55. The summed E-state index contributed by atoms with van der Waals surface area (Å²) >= 11 is 0. The number of carbonyl (C=O) groups excluding carboxylic acids is 1. The Morgan fingerprint density at radius 1 is 1.40 bits per heavy atom. The van der Waals surface area contributed by atoms with Crippen molar-refractivity contribution in [2.75, 3.05) is 13.2 Å². The Hall–Kier alpha value is -1.59. The predicted octanol–water partition coefficient (Wildman–Crippen LogP) is 1.70. The van der Waals surface area contributed by atoms with Crippen LogP contribution in [0.1, 0.15) is 24.8 Å². The third kappa shape index (κ3) is 3.95. The van der Waals surface area contributed by atoms with Crippen molar-refractivity contribution >= 4 is 6.09 Å². The third-order valence-electron chi connectivity index (χ3n) is 3.73. The van der Waals surface area contributed by atoms with Crippen molar-refractivity contribution in [2.45, 2.75) is 32.0 Å². The molecule has 5 heteroatoms. The van der Waals surface area contributed by atoms with Crippen LogP contribution in [0.25, 0.3) is 0 Å². The molecule has 1 aromatic rings. The Morgan fingerprint density at radius 2 is 2.15 bits per heavy atom. The highest BCUT2D eigenvalue weighted by atomic mass is 16.6. The molecule has 1 amide bonds. The monoisotopic (exact) mass is 278 g/mol. The number of nitrogens with zero attached hydrogens (tertiary/aromatic N) is 1. The van der Waals surface area contributed by atoms with Gasteiger partial charge in [-0.15, -0.1) is 0 Å². The standard InChI is InChI=1S/C15H22N2O3/c16-14-10-12(7-9-18)6-8-17(14)15(19)20-11-13-4-2-1-3-5-13/h1-5,12,14,18H,6-11,16H2. The van der Waals surface area contributed by atoms with Crippen LogP contribution in [0.15, 0.2) is 30.3 Å². The summed E-state index contributed by atoms with van der Waals surface area (Å²) in [6.45, 7) is 1.04. The molecule has 1 fully saturated rings. The Kier molecular flexibility index (Phi) is 5.38. The summed E-state index contributed by atoms with van der Waals surface area (Å²) < 4.78 is 5.29. The van der Waals surface area contributed by atoms with E-state index in [1.165, 1.54) is 0 Å². The van der Waals surface area contributed by atoms with Crippen molar-refractivity contribution in [1.29, 1.82) is 0 Å². The lowest BCUT2D eigenvalue weighted by Gasteiger charge is -2.36. The highest BCUT2D eigenvalue weighted by Gasteiger charge is 2.29. The number of hydrogen-bond acceptors (Lipinski definition) is 4. The lowest BCUT2D eigenvalue weighted by atomic mass is 9.92. The van der Waals surface area contributed by atoms with E-state index in [0.717, 1.165) is 24.8 Å². The number of amides is 1. The Morgan fingerprint density at radius 3 is 2.80 bits per heavy atom. The third-order valence-corrected chi connectivity index (χ3v) is 3.73. The highest BCUT2D eigenvalue weighted by molar-refractivity contribution is 5.68. The SMILES string of the molecule is NC1CC(CCO)CCN1C(=O)OCc1ccccc1. The second kappa shape index (κ2) is 7.26. The average molecular weight is 278 g/mol. The molecule has 2 unspecified atom stereocenters. The van der Waals surface area contributed by atoms with Gasteiger partial charge in [0.1, 0.15) is 6.61 Å². The Labute approximate surface area is 119 Å². The molecule has 1 heterocycles. The molecule has 2 rings (SSSR count). The van der Waals surface area contributed by atoms with Gasteiger partial charge in [0.2, 0.25) is 0 Å². The second-order valence-corrected chi connectivity index (χ2v) is 5.20. The number of hydrogen-bond donors (Lipinski definition) is 2. The van der Waals surface area contributed by atoms with Gasteiger partial charge in [-0.1, -0.05) is 30.3 Å². The van der Waals surface area contributed by atoms with Gasteiger partial charge < -0.3 is 15.6 Å². The van der Waals surface area contributed by atoms with Gasteiger partial charge >= 0.3 is 6.09 Å². The van der Waals surface area contributed by atoms with E-state index in [1.54, 1.807) is 4.90 Å². The van der Waals surface area contributed by atoms with E-state index in [-0.39, 0.29) is 25.5 Å². The quantitative estimate of drug-likeness (QED) is 0.879. The summed E-state index contributed by atoms with van der Waals surface area (Å²) in [7, 11) is 0. The molecule has 2 atom stereocenters. The first-order chi connectivity index (χ1) is 9.70. The van der Waals surface area contributed by atoms with Crippen molar-refractivity contribution in [3.63, 3.8) is 0 Å². The Bertz CT molecular complexity index is 424. The summed E-state index contributed by atoms with van der Waals surface area (Å²) in [5.41, 5.74) is 6.98. The molecule has 0 spiro atoms. The van der Waals surface area contributed by atoms with Gasteiger partial charge in [-0.3, -0.25) is 4.90 Å². The first kappa shape index (κ1) is 14.8. The van der Waals surface area contributed by atoms with Gasteiger partial charge in [0.05, 0.1) is 6.17 Å². The predicted molar refractivity (Wildman–Crippen MR) is 75.7 cm³/mol. The van der Waals surface area contributed by atoms with Crippen molar-refractivity contribution in [2.24, 2.45) is 11.7 Å². The van der Waals surface area contributed by atoms with Crippen molar-refractivity contribution in [1.82, 2.24) is 4.90 Å². The first-order valence-electron chi connectivity index (χ1n) is 7.04. The number of carbonyl (C=O) groups is 1. The van der Waals surface area contributed by atoms with E-state index >= 15 is 0 Å². The van der Waals surface area contributed by atoms with Crippen molar-refractivity contribution < 1.29 is 14.6 Å². The summed E-state index contributed by atoms with van der Waals surface area (Å²) in [4.78, 5) is 13.6. The fraction of sp³-hybridized carbons (Fsp3) is 0.533. The van der Waals surface area contributed by atoms with E-state index < -0.39 is 0 Å². The molecule has 0 saturated carbocycles. The highest BCUT2D eigenvalue weighted by Crippen LogP contribution is 2.23. The molecule has 1 saturated heterocycles. The molecule has 1 aromatic carbocycles. The van der Waals surface area contributed by atoms with Crippen LogP contribution in [0, 0.1) is 5.92 Å². The maximum atomic E-state index is 12.0. The van der Waals surface area contributed by atoms with Crippen LogP contribution in [-0.4, -0.2) is 35.4 Å². The summed E-state index contributed by atoms with van der Waals surface area (Å²) in [6.07, 6.45) is 1.67. The summed E-state index contributed by atoms with van der Waals surface area (Å²) in [5.74, 6) is 0.396. The smallest absolute Gasteiger partial charge is 0.411 e. The number of aliphatic hydroxyl groups excluding tert-OH is 1. The molecule has 1 aliphatic rings. The van der Waals surface area contributed by atoms with Crippen LogP contribution >= 0.6 is 0 Å². The van der Waals surface area contributed by atoms with E-state index in [0.29, 0.717) is 12.5 Å². The van der Waals surface area contributed by atoms with Gasteiger partial charge in [0.25, 0.3) is 0 Å². The van der Waals surface area contributed by atoms with Gasteiger partial charge in [-0.05, 0) is 30.7 Å².